The predicted octanol–water partition coefficient (Wildman–Crippen LogP) is 0.708. The number of hydrogen-bond acceptors (Lipinski definition) is 3. The molecule has 14 heavy (non-hydrogen) atoms. The molecule has 0 aromatic heterocycles. The van der Waals surface area contributed by atoms with Gasteiger partial charge < -0.3 is 14.8 Å². The van der Waals surface area contributed by atoms with Crippen molar-refractivity contribution < 1.29 is 14.3 Å². The quantitative estimate of drug-likeness (QED) is 0.644. The van der Waals surface area contributed by atoms with Crippen LogP contribution in [0.15, 0.2) is 0 Å². The van der Waals surface area contributed by atoms with Crippen molar-refractivity contribution in [1.29, 1.82) is 0 Å². The van der Waals surface area contributed by atoms with E-state index in [0.29, 0.717) is 0 Å². The smallest absolute Gasteiger partial charge is 0.249 e. The van der Waals surface area contributed by atoms with Gasteiger partial charge in [0.2, 0.25) is 5.91 Å². The van der Waals surface area contributed by atoms with Crippen molar-refractivity contribution in [2.75, 3.05) is 26.9 Å². The van der Waals surface area contributed by atoms with Crippen LogP contribution in [0.5, 0.6) is 0 Å². The van der Waals surface area contributed by atoms with Crippen molar-refractivity contribution in [3.63, 3.8) is 0 Å². The fourth-order valence-electron chi connectivity index (χ4n) is 1.48. The molecule has 1 aliphatic rings. The molecule has 82 valence electrons. The first-order chi connectivity index (χ1) is 6.84. The lowest BCUT2D eigenvalue weighted by Crippen LogP contribution is -2.34. The van der Waals surface area contributed by atoms with E-state index in [2.05, 4.69) is 5.32 Å². The molecule has 0 spiro atoms. The predicted molar refractivity (Wildman–Crippen MR) is 53.1 cm³/mol. The standard InChI is InChI=1S/C10H19NO3/c1-13-7-3-2-6-11-10(12)9-5-4-8-14-9/h9H,2-8H2,1H3,(H,11,12). The van der Waals surface area contributed by atoms with E-state index >= 15 is 0 Å². The van der Waals surface area contributed by atoms with Gasteiger partial charge in [-0.3, -0.25) is 4.79 Å². The molecule has 1 heterocycles. The highest BCUT2D eigenvalue weighted by Crippen LogP contribution is 2.11. The van der Waals surface area contributed by atoms with Gasteiger partial charge in [0.15, 0.2) is 0 Å². The van der Waals surface area contributed by atoms with E-state index < -0.39 is 0 Å². The SMILES string of the molecule is COCCCCNC(=O)C1CCCO1. The molecule has 1 amide bonds. The molecule has 0 bridgehead atoms. The van der Waals surface area contributed by atoms with Gasteiger partial charge in [0, 0.05) is 26.9 Å². The minimum absolute atomic E-state index is 0.0416. The van der Waals surface area contributed by atoms with Crippen molar-refractivity contribution in [3.05, 3.63) is 0 Å². The van der Waals surface area contributed by atoms with Crippen LogP contribution in [0.25, 0.3) is 0 Å². The van der Waals surface area contributed by atoms with Crippen molar-refractivity contribution >= 4 is 5.91 Å². The minimum atomic E-state index is -0.197. The fourth-order valence-corrected chi connectivity index (χ4v) is 1.48. The Hall–Kier alpha value is -0.610. The third-order valence-corrected chi connectivity index (χ3v) is 2.30. The monoisotopic (exact) mass is 201 g/mol. The lowest BCUT2D eigenvalue weighted by Gasteiger charge is -2.09. The second kappa shape index (κ2) is 6.79. The number of hydrogen-bond donors (Lipinski definition) is 1. The Morgan fingerprint density at radius 2 is 2.43 bits per heavy atom. The van der Waals surface area contributed by atoms with Gasteiger partial charge >= 0.3 is 0 Å². The maximum Gasteiger partial charge on any atom is 0.249 e. The summed E-state index contributed by atoms with van der Waals surface area (Å²) >= 11 is 0. The summed E-state index contributed by atoms with van der Waals surface area (Å²) in [7, 11) is 1.69. The minimum Gasteiger partial charge on any atom is -0.385 e. The number of amides is 1. The highest BCUT2D eigenvalue weighted by Gasteiger charge is 2.22. The van der Waals surface area contributed by atoms with Crippen molar-refractivity contribution in [2.45, 2.75) is 31.8 Å². The largest absolute Gasteiger partial charge is 0.385 e. The number of methoxy groups -OCH3 is 1. The zero-order valence-electron chi connectivity index (χ0n) is 8.75. The molecular formula is C10H19NO3. The molecule has 1 aliphatic heterocycles. The van der Waals surface area contributed by atoms with E-state index in [0.717, 1.165) is 45.4 Å². The molecule has 1 rings (SSSR count). The molecule has 4 nitrogen and oxygen atoms in total. The van der Waals surface area contributed by atoms with E-state index in [-0.39, 0.29) is 12.0 Å². The van der Waals surface area contributed by atoms with Gasteiger partial charge in [-0.25, -0.2) is 0 Å². The summed E-state index contributed by atoms with van der Waals surface area (Å²) in [6.45, 7) is 2.21. The lowest BCUT2D eigenvalue weighted by molar-refractivity contribution is -0.130. The number of carbonyl (C=O) groups excluding carboxylic acids is 1. The molecule has 0 aromatic rings. The maximum absolute atomic E-state index is 11.4. The summed E-state index contributed by atoms with van der Waals surface area (Å²) in [5.74, 6) is 0.0416. The van der Waals surface area contributed by atoms with Gasteiger partial charge in [0.05, 0.1) is 0 Å². The summed E-state index contributed by atoms with van der Waals surface area (Å²) < 4.78 is 10.2. The number of rotatable bonds is 6. The van der Waals surface area contributed by atoms with Gasteiger partial charge in [-0.2, -0.15) is 0 Å². The van der Waals surface area contributed by atoms with Gasteiger partial charge in [-0.15, -0.1) is 0 Å². The van der Waals surface area contributed by atoms with Crippen LogP contribution in [0.3, 0.4) is 0 Å². The van der Waals surface area contributed by atoms with E-state index in [1.165, 1.54) is 0 Å². The summed E-state index contributed by atoms with van der Waals surface area (Å²) in [5.41, 5.74) is 0. The van der Waals surface area contributed by atoms with Crippen LogP contribution in [0.2, 0.25) is 0 Å². The van der Waals surface area contributed by atoms with Crippen LogP contribution in [-0.2, 0) is 14.3 Å². The molecule has 0 aliphatic carbocycles. The van der Waals surface area contributed by atoms with Gasteiger partial charge in [-0.05, 0) is 25.7 Å². The highest BCUT2D eigenvalue weighted by atomic mass is 16.5. The topological polar surface area (TPSA) is 47.6 Å². The first-order valence-electron chi connectivity index (χ1n) is 5.23. The fraction of sp³-hybridized carbons (Fsp3) is 0.900. The molecule has 1 fully saturated rings. The Kier molecular flexibility index (Phi) is 5.56. The van der Waals surface area contributed by atoms with Gasteiger partial charge in [0.1, 0.15) is 6.10 Å². The first-order valence-corrected chi connectivity index (χ1v) is 5.23. The van der Waals surface area contributed by atoms with E-state index in [9.17, 15) is 4.79 Å². The van der Waals surface area contributed by atoms with Crippen molar-refractivity contribution in [1.82, 2.24) is 5.32 Å². The zero-order valence-corrected chi connectivity index (χ0v) is 8.75. The molecule has 0 saturated carbocycles. The first kappa shape index (κ1) is 11.5. The number of unbranched alkanes of at least 4 members (excludes halogenated alkanes) is 1. The molecule has 4 heteroatoms. The Labute approximate surface area is 85.0 Å². The second-order valence-electron chi connectivity index (χ2n) is 3.49. The summed E-state index contributed by atoms with van der Waals surface area (Å²) in [4.78, 5) is 11.4. The molecule has 1 N–H and O–H groups in total. The van der Waals surface area contributed by atoms with Crippen LogP contribution in [0.1, 0.15) is 25.7 Å². The molecule has 0 radical (unpaired) electrons. The third kappa shape index (κ3) is 4.07. The van der Waals surface area contributed by atoms with E-state index in [1.54, 1.807) is 7.11 Å². The number of ether oxygens (including phenoxy) is 2. The van der Waals surface area contributed by atoms with Crippen molar-refractivity contribution in [3.8, 4) is 0 Å². The van der Waals surface area contributed by atoms with Crippen LogP contribution in [0.4, 0.5) is 0 Å². The molecule has 1 atom stereocenters. The Morgan fingerprint density at radius 1 is 1.57 bits per heavy atom. The van der Waals surface area contributed by atoms with E-state index in [1.807, 2.05) is 0 Å². The third-order valence-electron chi connectivity index (χ3n) is 2.30. The normalized spacial score (nSPS) is 21.1. The average Bonchev–Trinajstić information content (AvgIpc) is 2.70. The van der Waals surface area contributed by atoms with Crippen LogP contribution >= 0.6 is 0 Å². The maximum atomic E-state index is 11.4. The number of nitrogens with one attached hydrogen (secondary N) is 1. The highest BCUT2D eigenvalue weighted by molar-refractivity contribution is 5.80. The van der Waals surface area contributed by atoms with Crippen molar-refractivity contribution in [2.24, 2.45) is 0 Å². The zero-order chi connectivity index (χ0) is 10.2. The average molecular weight is 201 g/mol. The molecular weight excluding hydrogens is 182 g/mol. The summed E-state index contributed by atoms with van der Waals surface area (Å²) in [6, 6.07) is 0. The Bertz CT molecular complexity index is 167. The molecule has 1 unspecified atom stereocenters. The number of carbonyl (C=O) groups is 1. The Morgan fingerprint density at radius 3 is 3.07 bits per heavy atom. The Balaban J connectivity index is 1.97. The molecule has 1 saturated heterocycles. The van der Waals surface area contributed by atoms with Crippen LogP contribution in [-0.4, -0.2) is 38.9 Å². The lowest BCUT2D eigenvalue weighted by atomic mass is 10.2. The summed E-state index contributed by atoms with van der Waals surface area (Å²) in [6.07, 6.45) is 3.62. The summed E-state index contributed by atoms with van der Waals surface area (Å²) in [5, 5.41) is 2.86. The van der Waals surface area contributed by atoms with Gasteiger partial charge in [-0.1, -0.05) is 0 Å². The van der Waals surface area contributed by atoms with Gasteiger partial charge in [0.25, 0.3) is 0 Å². The molecule has 0 aromatic carbocycles. The van der Waals surface area contributed by atoms with E-state index in [4.69, 9.17) is 9.47 Å². The van der Waals surface area contributed by atoms with Crippen LogP contribution < -0.4 is 5.32 Å². The second-order valence-corrected chi connectivity index (χ2v) is 3.49. The van der Waals surface area contributed by atoms with Crippen LogP contribution in [0, 0.1) is 0 Å².